The van der Waals surface area contributed by atoms with Crippen LogP contribution in [0, 0.1) is 6.92 Å². The lowest BCUT2D eigenvalue weighted by Gasteiger charge is -2.19. The standard InChI is InChI=1S/C12H22N4/c1-9(12-7-13-16(4)10(12)2)14-11-5-6-15(3)8-11/h7,9,11,14H,5-6,8H2,1-4H3. The van der Waals surface area contributed by atoms with Gasteiger partial charge in [0.2, 0.25) is 0 Å². The summed E-state index contributed by atoms with van der Waals surface area (Å²) in [6.07, 6.45) is 3.23. The first-order valence-electron chi connectivity index (χ1n) is 6.01. The van der Waals surface area contributed by atoms with E-state index in [1.54, 1.807) is 0 Å². The maximum absolute atomic E-state index is 4.29. The summed E-state index contributed by atoms with van der Waals surface area (Å²) < 4.78 is 1.94. The molecule has 0 radical (unpaired) electrons. The Balaban J connectivity index is 1.98. The van der Waals surface area contributed by atoms with Gasteiger partial charge in [0.25, 0.3) is 0 Å². The molecule has 2 atom stereocenters. The van der Waals surface area contributed by atoms with Gasteiger partial charge in [-0.2, -0.15) is 5.10 Å². The number of nitrogens with zero attached hydrogens (tertiary/aromatic N) is 3. The van der Waals surface area contributed by atoms with Crippen molar-refractivity contribution >= 4 is 0 Å². The van der Waals surface area contributed by atoms with Gasteiger partial charge in [0, 0.05) is 36.9 Å². The number of hydrogen-bond donors (Lipinski definition) is 1. The number of hydrogen-bond acceptors (Lipinski definition) is 3. The average molecular weight is 222 g/mol. The number of rotatable bonds is 3. The smallest absolute Gasteiger partial charge is 0.0540 e. The molecule has 0 bridgehead atoms. The van der Waals surface area contributed by atoms with Gasteiger partial charge in [-0.15, -0.1) is 0 Å². The lowest BCUT2D eigenvalue weighted by molar-refractivity contribution is 0.387. The second-order valence-electron chi connectivity index (χ2n) is 4.95. The van der Waals surface area contributed by atoms with E-state index >= 15 is 0 Å². The van der Waals surface area contributed by atoms with Crippen molar-refractivity contribution in [3.63, 3.8) is 0 Å². The van der Waals surface area contributed by atoms with Gasteiger partial charge in [-0.05, 0) is 33.9 Å². The molecule has 1 aromatic rings. The molecule has 16 heavy (non-hydrogen) atoms. The van der Waals surface area contributed by atoms with Crippen LogP contribution in [0.4, 0.5) is 0 Å². The first kappa shape index (κ1) is 11.6. The van der Waals surface area contributed by atoms with Gasteiger partial charge >= 0.3 is 0 Å². The summed E-state index contributed by atoms with van der Waals surface area (Å²) in [5.41, 5.74) is 2.57. The SMILES string of the molecule is Cc1c(C(C)NC2CCN(C)C2)cnn1C. The Morgan fingerprint density at radius 3 is 2.75 bits per heavy atom. The molecule has 2 heterocycles. The molecule has 1 N–H and O–H groups in total. The number of aryl methyl sites for hydroxylation is 1. The Morgan fingerprint density at radius 2 is 2.25 bits per heavy atom. The Kier molecular flexibility index (Phi) is 3.30. The number of likely N-dealkylation sites (tertiary alicyclic amines) is 1. The molecule has 0 amide bonds. The van der Waals surface area contributed by atoms with Crippen LogP contribution in [0.2, 0.25) is 0 Å². The van der Waals surface area contributed by atoms with Crippen LogP contribution in [0.3, 0.4) is 0 Å². The molecule has 1 saturated heterocycles. The van der Waals surface area contributed by atoms with Crippen LogP contribution in [-0.4, -0.2) is 40.9 Å². The van der Waals surface area contributed by atoms with Gasteiger partial charge in [0.05, 0.1) is 6.20 Å². The van der Waals surface area contributed by atoms with E-state index in [2.05, 4.69) is 36.2 Å². The molecule has 2 unspecified atom stereocenters. The summed E-state index contributed by atoms with van der Waals surface area (Å²) in [5.74, 6) is 0. The average Bonchev–Trinajstić information content (AvgIpc) is 2.76. The Morgan fingerprint density at radius 1 is 1.50 bits per heavy atom. The second-order valence-corrected chi connectivity index (χ2v) is 4.95. The van der Waals surface area contributed by atoms with E-state index in [0.717, 1.165) is 6.54 Å². The zero-order valence-corrected chi connectivity index (χ0v) is 10.7. The van der Waals surface area contributed by atoms with Crippen molar-refractivity contribution in [1.82, 2.24) is 20.0 Å². The third-order valence-corrected chi connectivity index (χ3v) is 3.62. The van der Waals surface area contributed by atoms with Gasteiger partial charge in [-0.1, -0.05) is 0 Å². The maximum atomic E-state index is 4.29. The van der Waals surface area contributed by atoms with Crippen molar-refractivity contribution in [3.8, 4) is 0 Å². The van der Waals surface area contributed by atoms with E-state index < -0.39 is 0 Å². The molecule has 4 heteroatoms. The van der Waals surface area contributed by atoms with Gasteiger partial charge in [-0.25, -0.2) is 0 Å². The van der Waals surface area contributed by atoms with Gasteiger partial charge in [-0.3, -0.25) is 4.68 Å². The van der Waals surface area contributed by atoms with Crippen LogP contribution in [0.1, 0.15) is 30.6 Å². The topological polar surface area (TPSA) is 33.1 Å². The fourth-order valence-electron chi connectivity index (χ4n) is 2.46. The molecule has 1 fully saturated rings. The van der Waals surface area contributed by atoms with E-state index in [-0.39, 0.29) is 0 Å². The van der Waals surface area contributed by atoms with Crippen LogP contribution in [0.5, 0.6) is 0 Å². The highest BCUT2D eigenvalue weighted by Crippen LogP contribution is 2.18. The van der Waals surface area contributed by atoms with Crippen LogP contribution >= 0.6 is 0 Å². The number of aromatic nitrogens is 2. The zero-order valence-electron chi connectivity index (χ0n) is 10.7. The van der Waals surface area contributed by atoms with E-state index in [1.165, 1.54) is 24.2 Å². The minimum absolute atomic E-state index is 0.394. The fraction of sp³-hybridized carbons (Fsp3) is 0.750. The molecule has 4 nitrogen and oxygen atoms in total. The molecule has 0 aliphatic carbocycles. The van der Waals surface area contributed by atoms with E-state index in [4.69, 9.17) is 0 Å². The quantitative estimate of drug-likeness (QED) is 0.831. The van der Waals surface area contributed by atoms with Gasteiger partial charge in [0.15, 0.2) is 0 Å². The molecule has 0 aromatic carbocycles. The molecule has 1 aliphatic rings. The lowest BCUT2D eigenvalue weighted by atomic mass is 10.1. The number of nitrogens with one attached hydrogen (secondary N) is 1. The van der Waals surface area contributed by atoms with E-state index in [0.29, 0.717) is 12.1 Å². The van der Waals surface area contributed by atoms with Gasteiger partial charge < -0.3 is 10.2 Å². The van der Waals surface area contributed by atoms with Crippen LogP contribution in [-0.2, 0) is 7.05 Å². The minimum Gasteiger partial charge on any atom is -0.306 e. The van der Waals surface area contributed by atoms with Crippen molar-refractivity contribution in [2.45, 2.75) is 32.4 Å². The highest BCUT2D eigenvalue weighted by Gasteiger charge is 2.22. The lowest BCUT2D eigenvalue weighted by Crippen LogP contribution is -2.33. The Hall–Kier alpha value is -0.870. The van der Waals surface area contributed by atoms with Crippen molar-refractivity contribution in [1.29, 1.82) is 0 Å². The highest BCUT2D eigenvalue weighted by molar-refractivity contribution is 5.19. The molecule has 90 valence electrons. The van der Waals surface area contributed by atoms with Gasteiger partial charge in [0.1, 0.15) is 0 Å². The summed E-state index contributed by atoms with van der Waals surface area (Å²) in [7, 11) is 4.18. The minimum atomic E-state index is 0.394. The first-order valence-corrected chi connectivity index (χ1v) is 6.01. The maximum Gasteiger partial charge on any atom is 0.0540 e. The Bertz CT molecular complexity index is 358. The van der Waals surface area contributed by atoms with Crippen molar-refractivity contribution in [3.05, 3.63) is 17.5 Å². The summed E-state index contributed by atoms with van der Waals surface area (Å²) in [6, 6.07) is 1.02. The normalized spacial score (nSPS) is 23.9. The fourth-order valence-corrected chi connectivity index (χ4v) is 2.46. The molecule has 1 aliphatic heterocycles. The van der Waals surface area contributed by atoms with Crippen LogP contribution < -0.4 is 5.32 Å². The summed E-state index contributed by atoms with van der Waals surface area (Å²) >= 11 is 0. The van der Waals surface area contributed by atoms with E-state index in [9.17, 15) is 0 Å². The predicted molar refractivity (Wildman–Crippen MR) is 65.4 cm³/mol. The largest absolute Gasteiger partial charge is 0.306 e. The monoisotopic (exact) mass is 222 g/mol. The molecule has 2 rings (SSSR count). The van der Waals surface area contributed by atoms with Crippen LogP contribution in [0.15, 0.2) is 6.20 Å². The Labute approximate surface area is 97.6 Å². The molecule has 1 aromatic heterocycles. The third kappa shape index (κ3) is 2.28. The van der Waals surface area contributed by atoms with Crippen LogP contribution in [0.25, 0.3) is 0 Å². The van der Waals surface area contributed by atoms with E-state index in [1.807, 2.05) is 17.9 Å². The highest BCUT2D eigenvalue weighted by atomic mass is 15.3. The summed E-state index contributed by atoms with van der Waals surface area (Å²) in [5, 5.41) is 7.98. The molecular formula is C12H22N4. The third-order valence-electron chi connectivity index (χ3n) is 3.62. The summed E-state index contributed by atoms with van der Waals surface area (Å²) in [4.78, 5) is 2.38. The summed E-state index contributed by atoms with van der Waals surface area (Å²) in [6.45, 7) is 6.71. The van der Waals surface area contributed by atoms with Crippen molar-refractivity contribution in [2.24, 2.45) is 7.05 Å². The first-order chi connectivity index (χ1) is 7.58. The number of likely N-dealkylation sites (N-methyl/N-ethyl adjacent to an activating group) is 1. The predicted octanol–water partition coefficient (Wildman–Crippen LogP) is 1.08. The van der Waals surface area contributed by atoms with Crippen molar-refractivity contribution in [2.75, 3.05) is 20.1 Å². The molecular weight excluding hydrogens is 200 g/mol. The molecule has 0 spiro atoms. The zero-order chi connectivity index (χ0) is 11.7. The molecule has 0 saturated carbocycles. The van der Waals surface area contributed by atoms with Crippen molar-refractivity contribution < 1.29 is 0 Å². The second kappa shape index (κ2) is 4.55.